The summed E-state index contributed by atoms with van der Waals surface area (Å²) in [4.78, 5) is 2.23. The zero-order valence-electron chi connectivity index (χ0n) is 12.1. The fourth-order valence-electron chi connectivity index (χ4n) is 3.10. The second-order valence-corrected chi connectivity index (χ2v) is 6.42. The van der Waals surface area contributed by atoms with Crippen LogP contribution in [-0.4, -0.2) is 15.3 Å². The highest BCUT2D eigenvalue weighted by Crippen LogP contribution is 2.36. The largest absolute Gasteiger partial charge is 0.772 e. The van der Waals surface area contributed by atoms with E-state index in [4.69, 9.17) is 0 Å². The minimum atomic E-state index is -2.09. The van der Waals surface area contributed by atoms with E-state index in [2.05, 4.69) is 4.90 Å². The number of hydrogen-bond acceptors (Lipinski definition) is 3. The smallest absolute Gasteiger partial charge is 0.123 e. The molecule has 22 heavy (non-hydrogen) atoms. The molecule has 0 bridgehead atoms. The van der Waals surface area contributed by atoms with Gasteiger partial charge in [0, 0.05) is 18.0 Å². The molecule has 2 aromatic carbocycles. The van der Waals surface area contributed by atoms with E-state index in [0.29, 0.717) is 0 Å². The number of halogens is 1. The molecule has 2 atom stereocenters. The SMILES string of the molecule is O=S([O-])Cc1cccc(N2CCCC2c2cccc(F)c2)c1. The van der Waals surface area contributed by atoms with E-state index >= 15 is 0 Å². The molecule has 1 aliphatic heterocycles. The van der Waals surface area contributed by atoms with Crippen molar-refractivity contribution in [3.8, 4) is 0 Å². The van der Waals surface area contributed by atoms with E-state index < -0.39 is 11.1 Å². The molecule has 0 radical (unpaired) electrons. The normalized spacial score (nSPS) is 19.4. The lowest BCUT2D eigenvalue weighted by atomic mass is 10.0. The van der Waals surface area contributed by atoms with Gasteiger partial charge >= 0.3 is 0 Å². The molecule has 1 aliphatic rings. The topological polar surface area (TPSA) is 43.4 Å². The molecule has 0 N–H and O–H groups in total. The van der Waals surface area contributed by atoms with E-state index in [1.54, 1.807) is 12.1 Å². The first-order valence-corrected chi connectivity index (χ1v) is 8.55. The number of rotatable bonds is 4. The van der Waals surface area contributed by atoms with Crippen LogP contribution in [0, 0.1) is 5.82 Å². The average Bonchev–Trinajstić information content (AvgIpc) is 2.96. The van der Waals surface area contributed by atoms with Crippen LogP contribution >= 0.6 is 0 Å². The molecule has 1 saturated heterocycles. The van der Waals surface area contributed by atoms with Gasteiger partial charge < -0.3 is 9.45 Å². The predicted octanol–water partition coefficient (Wildman–Crippen LogP) is 3.55. The molecule has 3 rings (SSSR count). The Balaban J connectivity index is 1.88. The summed E-state index contributed by atoms with van der Waals surface area (Å²) >= 11 is -2.09. The Labute approximate surface area is 132 Å². The van der Waals surface area contributed by atoms with Crippen LogP contribution in [-0.2, 0) is 16.8 Å². The van der Waals surface area contributed by atoms with Crippen LogP contribution in [0.25, 0.3) is 0 Å². The summed E-state index contributed by atoms with van der Waals surface area (Å²) in [6.07, 6.45) is 2.01. The second kappa shape index (κ2) is 6.58. The predicted molar refractivity (Wildman–Crippen MR) is 84.8 cm³/mol. The summed E-state index contributed by atoms with van der Waals surface area (Å²) in [5.41, 5.74) is 2.74. The second-order valence-electron chi connectivity index (χ2n) is 5.52. The third-order valence-electron chi connectivity index (χ3n) is 4.01. The van der Waals surface area contributed by atoms with Crippen LogP contribution in [0.15, 0.2) is 48.5 Å². The average molecular weight is 318 g/mol. The number of nitrogens with zero attached hydrogens (tertiary/aromatic N) is 1. The maximum atomic E-state index is 13.5. The van der Waals surface area contributed by atoms with Crippen LogP contribution in [0.1, 0.15) is 30.0 Å². The van der Waals surface area contributed by atoms with Gasteiger partial charge in [-0.15, -0.1) is 0 Å². The summed E-state index contributed by atoms with van der Waals surface area (Å²) in [7, 11) is 0. The molecule has 0 aromatic heterocycles. The van der Waals surface area contributed by atoms with E-state index in [9.17, 15) is 13.2 Å². The Morgan fingerprint density at radius 1 is 1.23 bits per heavy atom. The summed E-state index contributed by atoms with van der Waals surface area (Å²) in [5, 5.41) is 0. The monoisotopic (exact) mass is 318 g/mol. The lowest BCUT2D eigenvalue weighted by Gasteiger charge is -2.27. The van der Waals surface area contributed by atoms with Crippen molar-refractivity contribution in [1.82, 2.24) is 0 Å². The first kappa shape index (κ1) is 15.2. The molecule has 0 spiro atoms. The van der Waals surface area contributed by atoms with Crippen molar-refractivity contribution in [1.29, 1.82) is 0 Å². The quantitative estimate of drug-likeness (QED) is 0.810. The molecule has 3 nitrogen and oxygen atoms in total. The fraction of sp³-hybridized carbons (Fsp3) is 0.294. The highest BCUT2D eigenvalue weighted by molar-refractivity contribution is 7.78. The van der Waals surface area contributed by atoms with Gasteiger partial charge in [0.2, 0.25) is 0 Å². The minimum Gasteiger partial charge on any atom is -0.772 e. The van der Waals surface area contributed by atoms with Gasteiger partial charge in [0.1, 0.15) is 5.82 Å². The zero-order chi connectivity index (χ0) is 15.5. The Morgan fingerprint density at radius 3 is 2.82 bits per heavy atom. The maximum Gasteiger partial charge on any atom is 0.123 e. The van der Waals surface area contributed by atoms with Crippen LogP contribution in [0.4, 0.5) is 10.1 Å². The van der Waals surface area contributed by atoms with Gasteiger partial charge in [-0.2, -0.15) is 0 Å². The van der Waals surface area contributed by atoms with Crippen LogP contribution in [0.2, 0.25) is 0 Å². The maximum absolute atomic E-state index is 13.5. The van der Waals surface area contributed by atoms with Gasteiger partial charge in [0.25, 0.3) is 0 Å². The Morgan fingerprint density at radius 2 is 2.05 bits per heavy atom. The third kappa shape index (κ3) is 3.36. The lowest BCUT2D eigenvalue weighted by Crippen LogP contribution is -2.22. The van der Waals surface area contributed by atoms with E-state index in [0.717, 1.165) is 36.2 Å². The first-order valence-electron chi connectivity index (χ1n) is 7.30. The first-order chi connectivity index (χ1) is 10.6. The third-order valence-corrected chi connectivity index (χ3v) is 4.58. The molecular weight excluding hydrogens is 301 g/mol. The summed E-state index contributed by atoms with van der Waals surface area (Å²) in [5.74, 6) is -0.202. The number of hydrogen-bond donors (Lipinski definition) is 0. The molecular formula is C17H17FNO2S-. The molecule has 0 saturated carbocycles. The van der Waals surface area contributed by atoms with Crippen LogP contribution in [0.5, 0.6) is 0 Å². The number of benzene rings is 2. The van der Waals surface area contributed by atoms with Crippen molar-refractivity contribution in [2.24, 2.45) is 0 Å². The molecule has 2 unspecified atom stereocenters. The Kier molecular flexibility index (Phi) is 4.55. The van der Waals surface area contributed by atoms with Crippen molar-refractivity contribution in [3.63, 3.8) is 0 Å². The van der Waals surface area contributed by atoms with Crippen molar-refractivity contribution < 1.29 is 13.2 Å². The molecule has 5 heteroatoms. The van der Waals surface area contributed by atoms with E-state index in [-0.39, 0.29) is 17.6 Å². The zero-order valence-corrected chi connectivity index (χ0v) is 12.9. The van der Waals surface area contributed by atoms with Crippen molar-refractivity contribution >= 4 is 16.8 Å². The highest BCUT2D eigenvalue weighted by Gasteiger charge is 2.26. The van der Waals surface area contributed by atoms with Crippen LogP contribution < -0.4 is 4.90 Å². The summed E-state index contributed by atoms with van der Waals surface area (Å²) in [6, 6.07) is 14.4. The van der Waals surface area contributed by atoms with Gasteiger partial charge in [-0.25, -0.2) is 4.39 Å². The van der Waals surface area contributed by atoms with Gasteiger partial charge in [-0.05, 0) is 48.2 Å². The molecule has 1 heterocycles. The lowest BCUT2D eigenvalue weighted by molar-refractivity contribution is 0.536. The van der Waals surface area contributed by atoms with Gasteiger partial charge in [0.05, 0.1) is 6.04 Å². The highest BCUT2D eigenvalue weighted by atomic mass is 32.2. The van der Waals surface area contributed by atoms with Gasteiger partial charge in [-0.3, -0.25) is 4.21 Å². The van der Waals surface area contributed by atoms with Crippen LogP contribution in [0.3, 0.4) is 0 Å². The van der Waals surface area contributed by atoms with E-state index in [1.165, 1.54) is 6.07 Å². The molecule has 2 aromatic rings. The molecule has 0 aliphatic carbocycles. The van der Waals surface area contributed by atoms with Crippen molar-refractivity contribution in [2.45, 2.75) is 24.6 Å². The fourth-order valence-corrected chi connectivity index (χ4v) is 3.55. The van der Waals surface area contributed by atoms with Gasteiger partial charge in [0.15, 0.2) is 0 Å². The summed E-state index contributed by atoms with van der Waals surface area (Å²) < 4.78 is 35.2. The Hall–Kier alpha value is -1.72. The minimum absolute atomic E-state index is 0.0202. The van der Waals surface area contributed by atoms with Crippen molar-refractivity contribution in [3.05, 3.63) is 65.5 Å². The molecule has 0 amide bonds. The van der Waals surface area contributed by atoms with Crippen molar-refractivity contribution in [2.75, 3.05) is 11.4 Å². The molecule has 116 valence electrons. The standard InChI is InChI=1S/C17H18FNO2S/c18-15-6-2-5-14(11-15)17-8-3-9-19(17)16-7-1-4-13(10-16)12-22(20)21/h1-2,4-7,10-11,17H,3,8-9,12H2,(H,20,21)/p-1. The Bertz CT molecular complexity index is 692. The van der Waals surface area contributed by atoms with E-state index in [1.807, 2.05) is 30.3 Å². The number of anilines is 1. The van der Waals surface area contributed by atoms with Gasteiger partial charge in [-0.1, -0.05) is 35.3 Å². The summed E-state index contributed by atoms with van der Waals surface area (Å²) in [6.45, 7) is 0.894. The molecule has 1 fully saturated rings.